The van der Waals surface area contributed by atoms with Gasteiger partial charge in [0, 0.05) is 4.47 Å². The van der Waals surface area contributed by atoms with Crippen LogP contribution in [-0.2, 0) is 9.53 Å². The lowest BCUT2D eigenvalue weighted by Crippen LogP contribution is -2.32. The molecular weight excluding hydrogens is 386 g/mol. The Morgan fingerprint density at radius 1 is 1.20 bits per heavy atom. The molecule has 0 spiro atoms. The number of para-hydroxylation sites is 1. The number of hydrogen-bond donors (Lipinski definition) is 2. The van der Waals surface area contributed by atoms with Gasteiger partial charge in [-0.25, -0.2) is 4.79 Å². The summed E-state index contributed by atoms with van der Waals surface area (Å²) in [4.78, 5) is 24.1. The molecule has 0 saturated heterocycles. The largest absolute Gasteiger partial charge is 0.507 e. The molecule has 5 nitrogen and oxygen atoms in total. The second-order valence-corrected chi connectivity index (χ2v) is 6.54. The number of ether oxygens (including phenoxy) is 1. The highest BCUT2D eigenvalue weighted by Gasteiger charge is 2.17. The molecule has 2 aromatic carbocycles. The smallest absolute Gasteiger partial charge is 0.342 e. The summed E-state index contributed by atoms with van der Waals surface area (Å²) in [6.07, 6.45) is 0.708. The van der Waals surface area contributed by atoms with Crippen LogP contribution >= 0.6 is 15.9 Å². The van der Waals surface area contributed by atoms with E-state index in [1.807, 2.05) is 31.2 Å². The van der Waals surface area contributed by atoms with Crippen molar-refractivity contribution < 1.29 is 19.4 Å². The van der Waals surface area contributed by atoms with Crippen molar-refractivity contribution in [3.63, 3.8) is 0 Å². The van der Waals surface area contributed by atoms with Gasteiger partial charge in [-0.2, -0.15) is 0 Å². The third-order valence-electron chi connectivity index (χ3n) is 3.81. The second kappa shape index (κ2) is 8.67. The van der Waals surface area contributed by atoms with Crippen LogP contribution in [0, 0.1) is 6.92 Å². The van der Waals surface area contributed by atoms with E-state index in [1.54, 1.807) is 19.1 Å². The minimum Gasteiger partial charge on any atom is -0.507 e. The van der Waals surface area contributed by atoms with E-state index in [1.165, 1.54) is 6.07 Å². The van der Waals surface area contributed by atoms with Crippen LogP contribution in [0.4, 0.5) is 0 Å². The number of benzene rings is 2. The molecule has 0 fully saturated rings. The SMILES string of the molecule is CC[C@H](NC(=O)COC(=O)c1cccc(C)c1O)c1ccc(Br)cc1. The average molecular weight is 406 g/mol. The van der Waals surface area contributed by atoms with Gasteiger partial charge in [0.2, 0.25) is 0 Å². The molecule has 1 amide bonds. The lowest BCUT2D eigenvalue weighted by Gasteiger charge is -2.17. The van der Waals surface area contributed by atoms with E-state index in [4.69, 9.17) is 4.74 Å². The maximum atomic E-state index is 12.1. The summed E-state index contributed by atoms with van der Waals surface area (Å²) in [6, 6.07) is 12.3. The topological polar surface area (TPSA) is 75.6 Å². The summed E-state index contributed by atoms with van der Waals surface area (Å²) >= 11 is 3.38. The molecule has 6 heteroatoms. The highest BCUT2D eigenvalue weighted by Crippen LogP contribution is 2.22. The van der Waals surface area contributed by atoms with Gasteiger partial charge >= 0.3 is 5.97 Å². The Balaban J connectivity index is 1.94. The van der Waals surface area contributed by atoms with Crippen LogP contribution in [0.25, 0.3) is 0 Å². The fraction of sp³-hybridized carbons (Fsp3) is 0.263. The van der Waals surface area contributed by atoms with Crippen LogP contribution in [0.1, 0.15) is 40.9 Å². The van der Waals surface area contributed by atoms with E-state index in [-0.39, 0.29) is 17.4 Å². The first kappa shape index (κ1) is 19.0. The van der Waals surface area contributed by atoms with Gasteiger partial charge in [0.25, 0.3) is 5.91 Å². The van der Waals surface area contributed by atoms with Gasteiger partial charge in [0.05, 0.1) is 6.04 Å². The molecule has 25 heavy (non-hydrogen) atoms. The minimum absolute atomic E-state index is 0.0488. The van der Waals surface area contributed by atoms with E-state index in [2.05, 4.69) is 21.2 Å². The number of aryl methyl sites for hydroxylation is 1. The lowest BCUT2D eigenvalue weighted by molar-refractivity contribution is -0.125. The Hall–Kier alpha value is -2.34. The minimum atomic E-state index is -0.729. The van der Waals surface area contributed by atoms with Crippen molar-refractivity contribution >= 4 is 27.8 Å². The van der Waals surface area contributed by atoms with E-state index >= 15 is 0 Å². The molecule has 0 aromatic heterocycles. The van der Waals surface area contributed by atoms with Crippen molar-refractivity contribution in [2.24, 2.45) is 0 Å². The van der Waals surface area contributed by atoms with Crippen LogP contribution in [0.15, 0.2) is 46.9 Å². The van der Waals surface area contributed by atoms with E-state index in [0.717, 1.165) is 10.0 Å². The van der Waals surface area contributed by atoms with Gasteiger partial charge in [-0.15, -0.1) is 0 Å². The molecule has 0 saturated carbocycles. The Morgan fingerprint density at radius 3 is 2.52 bits per heavy atom. The maximum Gasteiger partial charge on any atom is 0.342 e. The summed E-state index contributed by atoms with van der Waals surface area (Å²) in [7, 11) is 0. The number of nitrogens with one attached hydrogen (secondary N) is 1. The third-order valence-corrected chi connectivity index (χ3v) is 4.34. The quantitative estimate of drug-likeness (QED) is 0.714. The average Bonchev–Trinajstić information content (AvgIpc) is 2.61. The lowest BCUT2D eigenvalue weighted by atomic mass is 10.0. The van der Waals surface area contributed by atoms with Crippen molar-refractivity contribution in [3.8, 4) is 5.75 Å². The molecule has 2 rings (SSSR count). The zero-order valence-electron chi connectivity index (χ0n) is 14.1. The van der Waals surface area contributed by atoms with Gasteiger partial charge in [-0.1, -0.05) is 47.1 Å². The molecule has 0 heterocycles. The first-order valence-electron chi connectivity index (χ1n) is 7.93. The monoisotopic (exact) mass is 405 g/mol. The number of amides is 1. The zero-order valence-corrected chi connectivity index (χ0v) is 15.7. The Labute approximate surface area is 155 Å². The van der Waals surface area contributed by atoms with Gasteiger partial charge in [0.1, 0.15) is 11.3 Å². The fourth-order valence-electron chi connectivity index (χ4n) is 2.38. The Morgan fingerprint density at radius 2 is 1.88 bits per heavy atom. The van der Waals surface area contributed by atoms with Gasteiger partial charge in [-0.05, 0) is 42.7 Å². The molecule has 0 unspecified atom stereocenters. The number of phenolic OH excluding ortho intramolecular Hbond substituents is 1. The van der Waals surface area contributed by atoms with Gasteiger partial charge in [-0.3, -0.25) is 4.79 Å². The van der Waals surface area contributed by atoms with Crippen molar-refractivity contribution in [2.75, 3.05) is 6.61 Å². The number of esters is 1. The highest BCUT2D eigenvalue weighted by molar-refractivity contribution is 9.10. The maximum absolute atomic E-state index is 12.1. The number of carbonyl (C=O) groups is 2. The third kappa shape index (κ3) is 5.06. The molecule has 0 aliphatic carbocycles. The number of aromatic hydroxyl groups is 1. The predicted molar refractivity (Wildman–Crippen MR) is 98.4 cm³/mol. The summed E-state index contributed by atoms with van der Waals surface area (Å²) in [6.45, 7) is 3.24. The Kier molecular flexibility index (Phi) is 6.58. The van der Waals surface area contributed by atoms with Gasteiger partial charge in [0.15, 0.2) is 6.61 Å². The van der Waals surface area contributed by atoms with E-state index in [0.29, 0.717) is 12.0 Å². The summed E-state index contributed by atoms with van der Waals surface area (Å²) < 4.78 is 5.97. The van der Waals surface area contributed by atoms with Crippen molar-refractivity contribution in [2.45, 2.75) is 26.3 Å². The molecule has 0 bridgehead atoms. The van der Waals surface area contributed by atoms with Crippen LogP contribution < -0.4 is 5.32 Å². The summed E-state index contributed by atoms with van der Waals surface area (Å²) in [5.74, 6) is -1.25. The molecular formula is C19H20BrNO4. The second-order valence-electron chi connectivity index (χ2n) is 5.63. The van der Waals surface area contributed by atoms with E-state index < -0.39 is 18.5 Å². The molecule has 2 aromatic rings. The van der Waals surface area contributed by atoms with Crippen LogP contribution in [0.2, 0.25) is 0 Å². The fourth-order valence-corrected chi connectivity index (χ4v) is 2.65. The normalized spacial score (nSPS) is 11.6. The first-order valence-corrected chi connectivity index (χ1v) is 8.72. The highest BCUT2D eigenvalue weighted by atomic mass is 79.9. The molecule has 0 aliphatic rings. The van der Waals surface area contributed by atoms with Crippen molar-refractivity contribution in [1.82, 2.24) is 5.32 Å². The molecule has 0 aliphatic heterocycles. The summed E-state index contributed by atoms with van der Waals surface area (Å²) in [5.41, 5.74) is 1.59. The standard InChI is InChI=1S/C19H20BrNO4/c1-3-16(13-7-9-14(20)10-8-13)21-17(22)11-25-19(24)15-6-4-5-12(2)18(15)23/h4-10,16,23H,3,11H2,1-2H3,(H,21,22)/t16-/m0/s1. The molecule has 132 valence electrons. The molecule has 1 atom stereocenters. The predicted octanol–water partition coefficient (Wildman–Crippen LogP) is 3.89. The van der Waals surface area contributed by atoms with Crippen molar-refractivity contribution in [1.29, 1.82) is 0 Å². The van der Waals surface area contributed by atoms with E-state index in [9.17, 15) is 14.7 Å². The van der Waals surface area contributed by atoms with Crippen LogP contribution in [-0.4, -0.2) is 23.6 Å². The number of phenols is 1. The molecule has 2 N–H and O–H groups in total. The summed E-state index contributed by atoms with van der Waals surface area (Å²) in [5, 5.41) is 12.7. The number of rotatable bonds is 6. The van der Waals surface area contributed by atoms with Gasteiger partial charge < -0.3 is 15.2 Å². The number of carbonyl (C=O) groups excluding carboxylic acids is 2. The zero-order chi connectivity index (χ0) is 18.4. The number of hydrogen-bond acceptors (Lipinski definition) is 4. The molecule has 0 radical (unpaired) electrons. The number of halogens is 1. The van der Waals surface area contributed by atoms with Crippen molar-refractivity contribution in [3.05, 3.63) is 63.6 Å². The first-order chi connectivity index (χ1) is 11.9. The van der Waals surface area contributed by atoms with Crippen LogP contribution in [0.5, 0.6) is 5.75 Å². The van der Waals surface area contributed by atoms with Crippen LogP contribution in [0.3, 0.4) is 0 Å². The Bertz CT molecular complexity index is 759.